The molecule has 0 bridgehead atoms. The third-order valence-electron chi connectivity index (χ3n) is 5.94. The van der Waals surface area contributed by atoms with Crippen molar-refractivity contribution in [3.63, 3.8) is 0 Å². The molecule has 0 aromatic heterocycles. The van der Waals surface area contributed by atoms with E-state index in [2.05, 4.69) is 0 Å². The predicted octanol–water partition coefficient (Wildman–Crippen LogP) is -3.71. The van der Waals surface area contributed by atoms with Gasteiger partial charge in [0.25, 0.3) is 0 Å². The number of hydrogen-bond acceptors (Lipinski definition) is 10. The molecule has 0 aromatic rings. The minimum Gasteiger partial charge on any atom is -0.394 e. The van der Waals surface area contributed by atoms with Gasteiger partial charge in [-0.15, -0.1) is 0 Å². The van der Waals surface area contributed by atoms with Gasteiger partial charge in [-0.2, -0.15) is 0 Å². The van der Waals surface area contributed by atoms with E-state index >= 15 is 0 Å². The van der Waals surface area contributed by atoms with Crippen LogP contribution < -0.4 is 0 Å². The molecule has 0 spiro atoms. The number of fused-ring (bicyclic) bond motifs is 3. The molecule has 4 rings (SSSR count). The van der Waals surface area contributed by atoms with E-state index in [-0.39, 0.29) is 12.5 Å². The second-order valence-electron chi connectivity index (χ2n) is 7.19. The van der Waals surface area contributed by atoms with Gasteiger partial charge in [0.05, 0.1) is 25.9 Å². The van der Waals surface area contributed by atoms with Crippen molar-refractivity contribution < 1.29 is 49.6 Å². The van der Waals surface area contributed by atoms with Gasteiger partial charge in [-0.05, 0) is 6.42 Å². The van der Waals surface area contributed by atoms with Gasteiger partial charge in [0.2, 0.25) is 0 Å². The molecule has 11 atom stereocenters. The van der Waals surface area contributed by atoms with E-state index in [1.807, 2.05) is 0 Å². The number of aliphatic hydroxyl groups is 6. The Kier molecular flexibility index (Phi) is 4.56. The van der Waals surface area contributed by atoms with E-state index in [0.29, 0.717) is 13.0 Å². The lowest BCUT2D eigenvalue weighted by Gasteiger charge is -2.44. The molecule has 6 N–H and O–H groups in total. The molecule has 0 aromatic carbocycles. The van der Waals surface area contributed by atoms with Crippen LogP contribution in [0.5, 0.6) is 0 Å². The third-order valence-corrected chi connectivity index (χ3v) is 5.94. The Bertz CT molecular complexity index is 503. The summed E-state index contributed by atoms with van der Waals surface area (Å²) in [5.41, 5.74) is -0.941. The van der Waals surface area contributed by atoms with E-state index in [1.165, 1.54) is 0 Å². The highest BCUT2D eigenvalue weighted by atomic mass is 16.8. The van der Waals surface area contributed by atoms with Crippen LogP contribution in [0.4, 0.5) is 0 Å². The summed E-state index contributed by atoms with van der Waals surface area (Å²) in [6, 6.07) is 0. The molecular formula is C15H24O10. The molecule has 0 unspecified atom stereocenters. The molecule has 0 amide bonds. The van der Waals surface area contributed by atoms with Gasteiger partial charge in [-0.25, -0.2) is 0 Å². The van der Waals surface area contributed by atoms with Gasteiger partial charge < -0.3 is 49.6 Å². The van der Waals surface area contributed by atoms with Gasteiger partial charge in [-0.1, -0.05) is 0 Å². The molecule has 10 heteroatoms. The van der Waals surface area contributed by atoms with Gasteiger partial charge in [0.1, 0.15) is 36.1 Å². The van der Waals surface area contributed by atoms with Gasteiger partial charge >= 0.3 is 0 Å². The standard InChI is InChI=1S/C15H24O10/c16-3-6-9(19)10(20)11(21)14(23-6)24-13-7-5(1-2-22-13)8(18)12-15(7,4-17)25-12/h5-14,16-21H,1-4H2/t5-,6-,7-,8+,9-,10+,11-,12-,13+,14+,15+/m1/s1. The van der Waals surface area contributed by atoms with Gasteiger partial charge in [0, 0.05) is 11.8 Å². The minimum absolute atomic E-state index is 0.186. The van der Waals surface area contributed by atoms with Crippen molar-refractivity contribution in [1.29, 1.82) is 0 Å². The van der Waals surface area contributed by atoms with Crippen molar-refractivity contribution in [2.75, 3.05) is 19.8 Å². The van der Waals surface area contributed by atoms with Crippen LogP contribution >= 0.6 is 0 Å². The largest absolute Gasteiger partial charge is 0.394 e. The molecule has 0 radical (unpaired) electrons. The van der Waals surface area contributed by atoms with E-state index in [9.17, 15) is 30.6 Å². The molecule has 144 valence electrons. The molecular weight excluding hydrogens is 340 g/mol. The Labute approximate surface area is 143 Å². The van der Waals surface area contributed by atoms with Crippen LogP contribution in [0.1, 0.15) is 6.42 Å². The van der Waals surface area contributed by atoms with Crippen LogP contribution in [0.15, 0.2) is 0 Å². The monoisotopic (exact) mass is 364 g/mol. The van der Waals surface area contributed by atoms with Crippen LogP contribution in [-0.4, -0.2) is 105 Å². The van der Waals surface area contributed by atoms with E-state index < -0.39 is 67.3 Å². The number of rotatable bonds is 4. The van der Waals surface area contributed by atoms with Crippen LogP contribution in [0.3, 0.4) is 0 Å². The highest BCUT2D eigenvalue weighted by Gasteiger charge is 2.75. The lowest BCUT2D eigenvalue weighted by molar-refractivity contribution is -0.356. The Morgan fingerprint density at radius 3 is 2.40 bits per heavy atom. The first-order chi connectivity index (χ1) is 11.9. The molecule has 3 heterocycles. The smallest absolute Gasteiger partial charge is 0.189 e. The van der Waals surface area contributed by atoms with Crippen molar-refractivity contribution in [3.8, 4) is 0 Å². The second-order valence-corrected chi connectivity index (χ2v) is 7.19. The summed E-state index contributed by atoms with van der Waals surface area (Å²) in [4.78, 5) is 0. The highest BCUT2D eigenvalue weighted by Crippen LogP contribution is 2.60. The summed E-state index contributed by atoms with van der Waals surface area (Å²) in [5, 5.41) is 59.1. The third kappa shape index (κ3) is 2.56. The maximum absolute atomic E-state index is 10.3. The summed E-state index contributed by atoms with van der Waals surface area (Å²) < 4.78 is 22.2. The van der Waals surface area contributed by atoms with Crippen molar-refractivity contribution in [2.24, 2.45) is 11.8 Å². The minimum atomic E-state index is -1.55. The molecule has 1 aliphatic carbocycles. The normalized spacial score (nSPS) is 57.8. The Hall–Kier alpha value is -0.400. The zero-order valence-corrected chi connectivity index (χ0v) is 13.4. The van der Waals surface area contributed by atoms with Crippen molar-refractivity contribution >= 4 is 0 Å². The van der Waals surface area contributed by atoms with Crippen molar-refractivity contribution in [1.82, 2.24) is 0 Å². The number of aliphatic hydroxyl groups excluding tert-OH is 6. The lowest BCUT2D eigenvalue weighted by atomic mass is 9.83. The number of ether oxygens (including phenoxy) is 4. The zero-order chi connectivity index (χ0) is 17.9. The fourth-order valence-corrected chi connectivity index (χ4v) is 4.50. The first-order valence-electron chi connectivity index (χ1n) is 8.49. The van der Waals surface area contributed by atoms with E-state index in [4.69, 9.17) is 18.9 Å². The molecule has 1 saturated carbocycles. The van der Waals surface area contributed by atoms with Crippen LogP contribution in [0, 0.1) is 11.8 Å². The summed E-state index contributed by atoms with van der Waals surface area (Å²) in [6.07, 6.45) is -8.57. The SMILES string of the molecule is OC[C@H]1O[C@@H](O[C@@H]2OCC[C@H]3[C@H](O)[C@H]4O[C@@]4(CO)[C@@H]23)[C@H](O)[C@@H](O)[C@@H]1O. The lowest BCUT2D eigenvalue weighted by Crippen LogP contribution is -2.61. The zero-order valence-electron chi connectivity index (χ0n) is 13.4. The average molecular weight is 364 g/mol. The molecule has 3 aliphatic heterocycles. The van der Waals surface area contributed by atoms with Crippen LogP contribution in [0.25, 0.3) is 0 Å². The Balaban J connectivity index is 1.52. The van der Waals surface area contributed by atoms with E-state index in [1.54, 1.807) is 0 Å². The quantitative estimate of drug-likeness (QED) is 0.274. The van der Waals surface area contributed by atoms with Gasteiger partial charge in [-0.3, -0.25) is 0 Å². The summed E-state index contributed by atoms with van der Waals surface area (Å²) in [7, 11) is 0. The molecule has 25 heavy (non-hydrogen) atoms. The molecule has 4 aliphatic rings. The highest BCUT2D eigenvalue weighted by molar-refractivity contribution is 5.21. The number of epoxide rings is 1. The van der Waals surface area contributed by atoms with Gasteiger partial charge in [0.15, 0.2) is 12.6 Å². The topological polar surface area (TPSA) is 162 Å². The Morgan fingerprint density at radius 2 is 1.72 bits per heavy atom. The summed E-state index contributed by atoms with van der Waals surface area (Å²) in [6.45, 7) is -0.546. The first kappa shape index (κ1) is 18.0. The fourth-order valence-electron chi connectivity index (χ4n) is 4.50. The Morgan fingerprint density at radius 1 is 0.960 bits per heavy atom. The maximum Gasteiger partial charge on any atom is 0.189 e. The van der Waals surface area contributed by atoms with Crippen molar-refractivity contribution in [3.05, 3.63) is 0 Å². The van der Waals surface area contributed by atoms with Crippen LogP contribution in [-0.2, 0) is 18.9 Å². The van der Waals surface area contributed by atoms with E-state index in [0.717, 1.165) is 0 Å². The fraction of sp³-hybridized carbons (Fsp3) is 1.00. The van der Waals surface area contributed by atoms with Crippen LogP contribution in [0.2, 0.25) is 0 Å². The second kappa shape index (κ2) is 6.34. The molecule has 10 nitrogen and oxygen atoms in total. The summed E-state index contributed by atoms with van der Waals surface area (Å²) >= 11 is 0. The maximum atomic E-state index is 10.3. The molecule has 3 saturated heterocycles. The summed E-state index contributed by atoms with van der Waals surface area (Å²) in [5.74, 6) is -0.645. The van der Waals surface area contributed by atoms with Crippen molar-refractivity contribution in [2.45, 2.75) is 61.2 Å². The predicted molar refractivity (Wildman–Crippen MR) is 76.9 cm³/mol. The first-order valence-corrected chi connectivity index (χ1v) is 8.49. The average Bonchev–Trinajstić information content (AvgIpc) is 3.31. The number of hydrogen-bond donors (Lipinski definition) is 6. The molecule has 4 fully saturated rings.